The van der Waals surface area contributed by atoms with Gasteiger partial charge in [0.25, 0.3) is 0 Å². The van der Waals surface area contributed by atoms with Crippen LogP contribution in [-0.2, 0) is 0 Å². The summed E-state index contributed by atoms with van der Waals surface area (Å²) >= 11 is 8.80. The highest BCUT2D eigenvalue weighted by Crippen LogP contribution is 2.42. The van der Waals surface area contributed by atoms with Crippen LogP contribution < -0.4 is 5.73 Å². The number of hydrogen-bond acceptors (Lipinski definition) is 3. The van der Waals surface area contributed by atoms with E-state index in [2.05, 4.69) is 55.0 Å². The van der Waals surface area contributed by atoms with Gasteiger partial charge in [0.15, 0.2) is 5.82 Å². The summed E-state index contributed by atoms with van der Waals surface area (Å²) in [7, 11) is 0. The predicted octanol–water partition coefficient (Wildman–Crippen LogP) is 5.22. The van der Waals surface area contributed by atoms with Crippen molar-refractivity contribution >= 4 is 49.0 Å². The highest BCUT2D eigenvalue weighted by molar-refractivity contribution is 9.11. The smallest absolute Gasteiger partial charge is 0.153 e. The molecule has 20 heavy (non-hydrogen) atoms. The van der Waals surface area contributed by atoms with E-state index in [9.17, 15) is 0 Å². The van der Waals surface area contributed by atoms with E-state index >= 15 is 0 Å². The molecule has 2 aromatic heterocycles. The number of thiophene rings is 1. The lowest BCUT2D eigenvalue weighted by molar-refractivity contribution is 1.11. The number of anilines is 1. The average Bonchev–Trinajstić information content (AvgIpc) is 2.94. The van der Waals surface area contributed by atoms with Crippen LogP contribution >= 0.6 is 43.2 Å². The van der Waals surface area contributed by atoms with Crippen molar-refractivity contribution in [3.8, 4) is 21.7 Å². The monoisotopic (exact) mass is 411 g/mol. The van der Waals surface area contributed by atoms with Crippen molar-refractivity contribution in [3.63, 3.8) is 0 Å². The fourth-order valence-corrected chi connectivity index (χ4v) is 4.07. The normalized spacial score (nSPS) is 10.9. The first-order valence-electron chi connectivity index (χ1n) is 5.93. The summed E-state index contributed by atoms with van der Waals surface area (Å²) in [6.07, 6.45) is 0. The average molecular weight is 413 g/mol. The summed E-state index contributed by atoms with van der Waals surface area (Å²) in [6.45, 7) is 2.07. The second kappa shape index (κ2) is 5.35. The molecule has 3 nitrogen and oxygen atoms in total. The lowest BCUT2D eigenvalue weighted by Gasteiger charge is -2.05. The number of halogens is 2. The molecule has 3 rings (SSSR count). The fourth-order valence-electron chi connectivity index (χ4n) is 2.05. The van der Waals surface area contributed by atoms with Crippen molar-refractivity contribution in [3.05, 3.63) is 44.2 Å². The third kappa shape index (κ3) is 2.32. The van der Waals surface area contributed by atoms with E-state index in [1.807, 2.05) is 24.3 Å². The molecule has 0 aliphatic carbocycles. The number of nitrogens with zero attached hydrogens (tertiary/aromatic N) is 1. The zero-order valence-electron chi connectivity index (χ0n) is 10.6. The molecule has 0 radical (unpaired) electrons. The van der Waals surface area contributed by atoms with Crippen LogP contribution in [0.15, 0.2) is 38.6 Å². The van der Waals surface area contributed by atoms with Crippen LogP contribution in [0.1, 0.15) is 5.56 Å². The lowest BCUT2D eigenvalue weighted by atomic mass is 10.0. The number of rotatable bonds is 2. The Morgan fingerprint density at radius 3 is 2.65 bits per heavy atom. The van der Waals surface area contributed by atoms with Crippen LogP contribution in [0, 0.1) is 6.92 Å². The van der Waals surface area contributed by atoms with Crippen molar-refractivity contribution in [1.82, 2.24) is 10.2 Å². The Bertz CT molecular complexity index is 757. The number of benzene rings is 1. The van der Waals surface area contributed by atoms with Crippen LogP contribution in [0.2, 0.25) is 0 Å². The van der Waals surface area contributed by atoms with Crippen molar-refractivity contribution in [2.75, 3.05) is 5.73 Å². The SMILES string of the molecule is Cc1cc(-c2[nH]nc(N)c2-c2ccccc2Br)sc1Br. The number of hydrogen-bond donors (Lipinski definition) is 2. The largest absolute Gasteiger partial charge is 0.382 e. The summed E-state index contributed by atoms with van der Waals surface area (Å²) in [5, 5.41) is 7.22. The molecule has 0 aliphatic heterocycles. The quantitative estimate of drug-likeness (QED) is 0.606. The van der Waals surface area contributed by atoms with Crippen LogP contribution in [0.25, 0.3) is 21.7 Å². The van der Waals surface area contributed by atoms with Crippen molar-refractivity contribution in [1.29, 1.82) is 0 Å². The van der Waals surface area contributed by atoms with E-state index in [-0.39, 0.29) is 0 Å². The molecule has 3 N–H and O–H groups in total. The number of aromatic amines is 1. The van der Waals surface area contributed by atoms with E-state index in [1.54, 1.807) is 11.3 Å². The summed E-state index contributed by atoms with van der Waals surface area (Å²) in [5.41, 5.74) is 10.2. The van der Waals surface area contributed by atoms with Gasteiger partial charge in [-0.2, -0.15) is 5.10 Å². The first-order valence-corrected chi connectivity index (χ1v) is 8.33. The second-order valence-corrected chi connectivity index (χ2v) is 7.63. The van der Waals surface area contributed by atoms with Crippen LogP contribution in [0.5, 0.6) is 0 Å². The van der Waals surface area contributed by atoms with Crippen LogP contribution in [0.4, 0.5) is 5.82 Å². The first kappa shape index (κ1) is 13.9. The highest BCUT2D eigenvalue weighted by Gasteiger charge is 2.18. The molecule has 3 aromatic rings. The Hall–Kier alpha value is -1.11. The van der Waals surface area contributed by atoms with Gasteiger partial charge in [0.1, 0.15) is 0 Å². The molecule has 0 atom stereocenters. The molecular formula is C14H11Br2N3S. The molecule has 6 heteroatoms. The number of aryl methyl sites for hydroxylation is 1. The third-order valence-corrected chi connectivity index (χ3v) is 5.89. The zero-order chi connectivity index (χ0) is 14.3. The van der Waals surface area contributed by atoms with Gasteiger partial charge in [-0.05, 0) is 40.5 Å². The van der Waals surface area contributed by atoms with E-state index in [4.69, 9.17) is 5.73 Å². The Morgan fingerprint density at radius 1 is 1.25 bits per heavy atom. The summed E-state index contributed by atoms with van der Waals surface area (Å²) in [5.74, 6) is 0.508. The number of H-pyrrole nitrogens is 1. The minimum atomic E-state index is 0.508. The number of aromatic nitrogens is 2. The number of nitrogens with one attached hydrogen (secondary N) is 1. The Balaban J connectivity index is 2.23. The van der Waals surface area contributed by atoms with Crippen molar-refractivity contribution in [2.45, 2.75) is 6.92 Å². The van der Waals surface area contributed by atoms with E-state index in [0.717, 1.165) is 30.0 Å². The minimum absolute atomic E-state index is 0.508. The van der Waals surface area contributed by atoms with Gasteiger partial charge in [-0.15, -0.1) is 11.3 Å². The molecule has 0 aliphatic rings. The fraction of sp³-hybridized carbons (Fsp3) is 0.0714. The molecule has 0 amide bonds. The van der Waals surface area contributed by atoms with Gasteiger partial charge < -0.3 is 5.73 Å². The molecule has 2 heterocycles. The Labute approximate surface area is 137 Å². The van der Waals surface area contributed by atoms with Gasteiger partial charge in [-0.1, -0.05) is 34.1 Å². The van der Waals surface area contributed by atoms with Crippen molar-refractivity contribution < 1.29 is 0 Å². The molecule has 0 spiro atoms. The molecule has 0 bridgehead atoms. The molecule has 0 saturated heterocycles. The van der Waals surface area contributed by atoms with Crippen LogP contribution in [0.3, 0.4) is 0 Å². The van der Waals surface area contributed by atoms with Crippen LogP contribution in [-0.4, -0.2) is 10.2 Å². The lowest BCUT2D eigenvalue weighted by Crippen LogP contribution is -1.89. The summed E-state index contributed by atoms with van der Waals surface area (Å²) in [4.78, 5) is 1.12. The standard InChI is InChI=1S/C14H11Br2N3S/c1-7-6-10(20-13(7)16)12-11(14(17)19-18-12)8-4-2-3-5-9(8)15/h2-6H,1H3,(H3,17,18,19). The molecule has 102 valence electrons. The van der Waals surface area contributed by atoms with Gasteiger partial charge in [0.05, 0.1) is 19.9 Å². The maximum Gasteiger partial charge on any atom is 0.153 e. The van der Waals surface area contributed by atoms with Crippen molar-refractivity contribution in [2.24, 2.45) is 0 Å². The second-order valence-electron chi connectivity index (χ2n) is 4.41. The predicted molar refractivity (Wildman–Crippen MR) is 91.9 cm³/mol. The van der Waals surface area contributed by atoms with E-state index in [1.165, 1.54) is 5.56 Å². The first-order chi connectivity index (χ1) is 9.58. The van der Waals surface area contributed by atoms with Gasteiger partial charge in [-0.25, -0.2) is 0 Å². The zero-order valence-corrected chi connectivity index (χ0v) is 14.6. The maximum atomic E-state index is 6.05. The minimum Gasteiger partial charge on any atom is -0.382 e. The topological polar surface area (TPSA) is 54.7 Å². The molecule has 1 aromatic carbocycles. The number of nitrogen functional groups attached to an aromatic ring is 1. The summed E-state index contributed by atoms with van der Waals surface area (Å²) in [6, 6.07) is 10.1. The highest BCUT2D eigenvalue weighted by atomic mass is 79.9. The Morgan fingerprint density at radius 2 is 2.00 bits per heavy atom. The van der Waals surface area contributed by atoms with Gasteiger partial charge >= 0.3 is 0 Å². The molecule has 0 unspecified atom stereocenters. The Kier molecular flexibility index (Phi) is 3.70. The number of nitrogens with two attached hydrogens (primary N) is 1. The molecular weight excluding hydrogens is 402 g/mol. The third-order valence-electron chi connectivity index (χ3n) is 3.04. The van der Waals surface area contributed by atoms with Gasteiger partial charge in [0, 0.05) is 10.0 Å². The van der Waals surface area contributed by atoms with Gasteiger partial charge in [-0.3, -0.25) is 5.10 Å². The van der Waals surface area contributed by atoms with E-state index in [0.29, 0.717) is 5.82 Å². The van der Waals surface area contributed by atoms with E-state index < -0.39 is 0 Å². The molecule has 0 saturated carbocycles. The summed E-state index contributed by atoms with van der Waals surface area (Å²) < 4.78 is 2.13. The maximum absolute atomic E-state index is 6.05. The van der Waals surface area contributed by atoms with Gasteiger partial charge in [0.2, 0.25) is 0 Å². The molecule has 0 fully saturated rings.